The summed E-state index contributed by atoms with van der Waals surface area (Å²) in [6.07, 6.45) is 3.52. The van der Waals surface area contributed by atoms with Gasteiger partial charge in [0.1, 0.15) is 11.1 Å². The van der Waals surface area contributed by atoms with Crippen LogP contribution in [0.5, 0.6) is 0 Å². The third-order valence-corrected chi connectivity index (χ3v) is 3.65. The first-order valence-corrected chi connectivity index (χ1v) is 6.70. The molecule has 1 fully saturated rings. The molecule has 1 aliphatic rings. The molecule has 0 spiro atoms. The van der Waals surface area contributed by atoms with Crippen molar-refractivity contribution in [1.82, 2.24) is 9.78 Å². The predicted octanol–water partition coefficient (Wildman–Crippen LogP) is 1.46. The Morgan fingerprint density at radius 3 is 2.84 bits per heavy atom. The van der Waals surface area contributed by atoms with Gasteiger partial charge in [-0.25, -0.2) is 13.5 Å². The molecular formula is C11H14BrF2N3O2. The van der Waals surface area contributed by atoms with Crippen LogP contribution >= 0.6 is 15.9 Å². The van der Waals surface area contributed by atoms with Crippen molar-refractivity contribution in [3.05, 3.63) is 21.0 Å². The van der Waals surface area contributed by atoms with Gasteiger partial charge in [0.25, 0.3) is 11.5 Å². The van der Waals surface area contributed by atoms with E-state index in [4.69, 9.17) is 5.11 Å². The minimum atomic E-state index is -3.23. The van der Waals surface area contributed by atoms with Gasteiger partial charge in [-0.2, -0.15) is 5.10 Å². The fourth-order valence-electron chi connectivity index (χ4n) is 1.54. The second-order valence-corrected chi connectivity index (χ2v) is 5.46. The Morgan fingerprint density at radius 2 is 2.26 bits per heavy atom. The highest BCUT2D eigenvalue weighted by atomic mass is 79.9. The summed E-state index contributed by atoms with van der Waals surface area (Å²) < 4.78 is 27.3. The van der Waals surface area contributed by atoms with Crippen molar-refractivity contribution >= 4 is 21.6 Å². The number of nitrogens with one attached hydrogen (secondary N) is 1. The van der Waals surface area contributed by atoms with Crippen molar-refractivity contribution < 1.29 is 13.9 Å². The van der Waals surface area contributed by atoms with Crippen LogP contribution in [0, 0.1) is 5.92 Å². The Kier molecular flexibility index (Phi) is 4.19. The van der Waals surface area contributed by atoms with Crippen molar-refractivity contribution in [2.45, 2.75) is 25.3 Å². The van der Waals surface area contributed by atoms with Crippen LogP contribution in [0.2, 0.25) is 0 Å². The van der Waals surface area contributed by atoms with Gasteiger partial charge >= 0.3 is 0 Å². The predicted molar refractivity (Wildman–Crippen MR) is 69.4 cm³/mol. The Labute approximate surface area is 116 Å². The second kappa shape index (κ2) is 5.54. The van der Waals surface area contributed by atoms with Gasteiger partial charge < -0.3 is 10.4 Å². The smallest absolute Gasteiger partial charge is 0.287 e. The molecule has 0 unspecified atom stereocenters. The molecule has 1 aromatic rings. The maximum Gasteiger partial charge on any atom is 0.287 e. The molecule has 1 aliphatic carbocycles. The number of nitrogens with zero attached hydrogens (tertiary/aromatic N) is 2. The van der Waals surface area contributed by atoms with Gasteiger partial charge in [0.2, 0.25) is 0 Å². The van der Waals surface area contributed by atoms with Crippen LogP contribution in [0.3, 0.4) is 0 Å². The van der Waals surface area contributed by atoms with Crippen LogP contribution in [0.25, 0.3) is 0 Å². The highest BCUT2D eigenvalue weighted by Crippen LogP contribution is 2.30. The zero-order chi connectivity index (χ0) is 14.0. The average molecular weight is 338 g/mol. The number of aliphatic hydroxyl groups is 1. The number of hydrogen-bond donors (Lipinski definition) is 2. The molecule has 1 saturated carbocycles. The quantitative estimate of drug-likeness (QED) is 0.824. The topological polar surface area (TPSA) is 67.2 Å². The van der Waals surface area contributed by atoms with Gasteiger partial charge in [0, 0.05) is 6.54 Å². The second-order valence-electron chi connectivity index (χ2n) is 4.67. The maximum atomic E-state index is 12.9. The molecule has 8 heteroatoms. The first-order valence-electron chi connectivity index (χ1n) is 5.91. The molecule has 106 valence electrons. The molecule has 1 aromatic heterocycles. The summed E-state index contributed by atoms with van der Waals surface area (Å²) in [5, 5.41) is 14.8. The van der Waals surface area contributed by atoms with Gasteiger partial charge in [-0.15, -0.1) is 0 Å². The Balaban J connectivity index is 2.09. The molecule has 1 heterocycles. The van der Waals surface area contributed by atoms with E-state index in [1.54, 1.807) is 0 Å². The Morgan fingerprint density at radius 1 is 1.58 bits per heavy atom. The SMILES string of the molecule is O=c1c(Br)c(NCC(F)(F)CO)cnn1CC1CC1. The largest absolute Gasteiger partial charge is 0.390 e. The maximum absolute atomic E-state index is 12.9. The standard InChI is InChI=1S/C11H14BrF2N3O2/c12-9-8(15-5-11(13,14)6-18)3-16-17(10(9)19)4-7-1-2-7/h3,7,15,18H,1-2,4-6H2. The van der Waals surface area contributed by atoms with Crippen LogP contribution in [-0.4, -0.2) is 34.0 Å². The molecule has 2 rings (SSSR count). The summed E-state index contributed by atoms with van der Waals surface area (Å²) in [6, 6.07) is 0. The first kappa shape index (κ1) is 14.4. The molecule has 0 amide bonds. The lowest BCUT2D eigenvalue weighted by atomic mass is 10.3. The Hall–Kier alpha value is -1.02. The van der Waals surface area contributed by atoms with Gasteiger partial charge in [0.05, 0.1) is 18.4 Å². The van der Waals surface area contributed by atoms with E-state index < -0.39 is 19.1 Å². The average Bonchev–Trinajstić information content (AvgIpc) is 3.18. The number of alkyl halides is 2. The van der Waals surface area contributed by atoms with Crippen LogP contribution in [0.15, 0.2) is 15.5 Å². The zero-order valence-electron chi connectivity index (χ0n) is 10.1. The van der Waals surface area contributed by atoms with E-state index in [1.165, 1.54) is 10.9 Å². The molecule has 0 aromatic carbocycles. The molecule has 0 saturated heterocycles. The van der Waals surface area contributed by atoms with E-state index in [2.05, 4.69) is 26.3 Å². The third-order valence-electron chi connectivity index (χ3n) is 2.88. The number of rotatable bonds is 6. The van der Waals surface area contributed by atoms with E-state index in [1.807, 2.05) is 0 Å². The number of hydrogen-bond acceptors (Lipinski definition) is 4. The van der Waals surface area contributed by atoms with Crippen LogP contribution < -0.4 is 10.9 Å². The number of anilines is 1. The summed E-state index contributed by atoms with van der Waals surface area (Å²) in [4.78, 5) is 11.9. The molecule has 0 radical (unpaired) electrons. The lowest BCUT2D eigenvalue weighted by Gasteiger charge is -2.15. The Bertz CT molecular complexity index is 517. The van der Waals surface area contributed by atoms with Gasteiger partial charge in [0.15, 0.2) is 0 Å². The summed E-state index contributed by atoms with van der Waals surface area (Å²) in [5.74, 6) is -2.74. The first-order chi connectivity index (χ1) is 8.93. The number of aromatic nitrogens is 2. The summed E-state index contributed by atoms with van der Waals surface area (Å²) >= 11 is 3.09. The molecular weight excluding hydrogens is 324 g/mol. The number of aliphatic hydroxyl groups excluding tert-OH is 1. The van der Waals surface area contributed by atoms with E-state index in [0.717, 1.165) is 12.8 Å². The van der Waals surface area contributed by atoms with E-state index in [0.29, 0.717) is 12.5 Å². The zero-order valence-corrected chi connectivity index (χ0v) is 11.7. The molecule has 0 atom stereocenters. The van der Waals surface area contributed by atoms with Crippen molar-refractivity contribution in [3.8, 4) is 0 Å². The molecule has 5 nitrogen and oxygen atoms in total. The lowest BCUT2D eigenvalue weighted by Crippen LogP contribution is -2.32. The fourth-order valence-corrected chi connectivity index (χ4v) is 1.99. The normalized spacial score (nSPS) is 15.6. The van der Waals surface area contributed by atoms with Crippen LogP contribution in [0.1, 0.15) is 12.8 Å². The summed E-state index contributed by atoms with van der Waals surface area (Å²) in [7, 11) is 0. The molecule has 19 heavy (non-hydrogen) atoms. The van der Waals surface area contributed by atoms with Crippen LogP contribution in [0.4, 0.5) is 14.5 Å². The van der Waals surface area contributed by atoms with E-state index in [-0.39, 0.29) is 15.7 Å². The van der Waals surface area contributed by atoms with Crippen molar-refractivity contribution in [3.63, 3.8) is 0 Å². The van der Waals surface area contributed by atoms with Crippen LogP contribution in [-0.2, 0) is 6.54 Å². The van der Waals surface area contributed by atoms with Crippen molar-refractivity contribution in [1.29, 1.82) is 0 Å². The van der Waals surface area contributed by atoms with Gasteiger partial charge in [-0.05, 0) is 34.7 Å². The summed E-state index contributed by atoms with van der Waals surface area (Å²) in [5.41, 5.74) is -0.144. The minimum Gasteiger partial charge on any atom is -0.390 e. The molecule has 2 N–H and O–H groups in total. The van der Waals surface area contributed by atoms with E-state index in [9.17, 15) is 13.6 Å². The number of halogens is 3. The lowest BCUT2D eigenvalue weighted by molar-refractivity contribution is -0.0373. The van der Waals surface area contributed by atoms with Crippen molar-refractivity contribution in [2.75, 3.05) is 18.5 Å². The molecule has 0 bridgehead atoms. The highest BCUT2D eigenvalue weighted by Gasteiger charge is 2.28. The third kappa shape index (κ3) is 3.73. The van der Waals surface area contributed by atoms with E-state index >= 15 is 0 Å². The van der Waals surface area contributed by atoms with Crippen molar-refractivity contribution in [2.24, 2.45) is 5.92 Å². The highest BCUT2D eigenvalue weighted by molar-refractivity contribution is 9.10. The monoisotopic (exact) mass is 337 g/mol. The minimum absolute atomic E-state index is 0.178. The summed E-state index contributed by atoms with van der Waals surface area (Å²) in [6.45, 7) is -1.44. The van der Waals surface area contributed by atoms with Gasteiger partial charge in [-0.1, -0.05) is 0 Å². The molecule has 0 aliphatic heterocycles. The van der Waals surface area contributed by atoms with Gasteiger partial charge in [-0.3, -0.25) is 4.79 Å². The fraction of sp³-hybridized carbons (Fsp3) is 0.636.